The molecule has 18 heavy (non-hydrogen) atoms. The van der Waals surface area contributed by atoms with E-state index >= 15 is 0 Å². The minimum Gasteiger partial charge on any atom is -0.376 e. The van der Waals surface area contributed by atoms with Crippen LogP contribution in [-0.4, -0.2) is 0 Å². The van der Waals surface area contributed by atoms with Gasteiger partial charge in [0.15, 0.2) is 0 Å². The van der Waals surface area contributed by atoms with Crippen LogP contribution < -0.4 is 5.32 Å². The van der Waals surface area contributed by atoms with Crippen LogP contribution >= 0.6 is 15.9 Å². The van der Waals surface area contributed by atoms with Gasteiger partial charge < -0.3 is 5.32 Å². The highest BCUT2D eigenvalue weighted by molar-refractivity contribution is 9.10. The quantitative estimate of drug-likeness (QED) is 0.834. The Morgan fingerprint density at radius 1 is 1.11 bits per heavy atom. The fraction of sp³-hybridized carbons (Fsp3) is 0.200. The molecule has 1 atom stereocenters. The van der Waals surface area contributed by atoms with Gasteiger partial charge in [0.25, 0.3) is 0 Å². The third-order valence-corrected chi connectivity index (χ3v) is 3.39. The van der Waals surface area contributed by atoms with E-state index in [9.17, 15) is 4.39 Å². The van der Waals surface area contributed by atoms with Crippen molar-refractivity contribution in [1.29, 1.82) is 0 Å². The average molecular weight is 308 g/mol. The predicted octanol–water partition coefficient (Wildman–Crippen LogP) is 5.07. The molecule has 2 aromatic carbocycles. The molecule has 0 aliphatic heterocycles. The second kappa shape index (κ2) is 5.53. The Balaban J connectivity index is 2.18. The first-order valence-electron chi connectivity index (χ1n) is 5.84. The van der Waals surface area contributed by atoms with Crippen molar-refractivity contribution in [3.05, 3.63) is 63.9 Å². The summed E-state index contributed by atoms with van der Waals surface area (Å²) in [4.78, 5) is 0. The number of halogens is 2. The van der Waals surface area contributed by atoms with Crippen molar-refractivity contribution in [2.45, 2.75) is 19.9 Å². The molecule has 1 unspecified atom stereocenters. The Morgan fingerprint density at radius 2 is 1.78 bits per heavy atom. The summed E-state index contributed by atoms with van der Waals surface area (Å²) in [5.74, 6) is -0.218. The lowest BCUT2D eigenvalue weighted by atomic mass is 10.1. The van der Waals surface area contributed by atoms with E-state index in [0.717, 1.165) is 15.6 Å². The molecule has 2 aromatic rings. The van der Waals surface area contributed by atoms with Gasteiger partial charge in [0, 0.05) is 10.5 Å². The molecule has 0 aliphatic rings. The largest absolute Gasteiger partial charge is 0.376 e. The Hall–Kier alpha value is -1.35. The SMILES string of the molecule is Cc1ccc(F)c(NC(C)c2ccc(Br)cc2)c1. The molecule has 1 N–H and O–H groups in total. The highest BCUT2D eigenvalue weighted by Crippen LogP contribution is 2.23. The molecule has 2 rings (SSSR count). The lowest BCUT2D eigenvalue weighted by molar-refractivity contribution is 0.627. The van der Waals surface area contributed by atoms with Crippen LogP contribution in [0.25, 0.3) is 0 Å². The van der Waals surface area contributed by atoms with Crippen LogP contribution in [0.15, 0.2) is 46.9 Å². The predicted molar refractivity (Wildman–Crippen MR) is 77.3 cm³/mol. The van der Waals surface area contributed by atoms with Gasteiger partial charge in [-0.2, -0.15) is 0 Å². The standard InChI is InChI=1S/C15H15BrFN/c1-10-3-8-14(17)15(9-10)18-11(2)12-4-6-13(16)7-5-12/h3-9,11,18H,1-2H3. The van der Waals surface area contributed by atoms with Gasteiger partial charge in [-0.3, -0.25) is 0 Å². The van der Waals surface area contributed by atoms with Crippen LogP contribution in [0.3, 0.4) is 0 Å². The van der Waals surface area contributed by atoms with Crippen molar-refractivity contribution < 1.29 is 4.39 Å². The van der Waals surface area contributed by atoms with E-state index < -0.39 is 0 Å². The third kappa shape index (κ3) is 3.10. The molecule has 0 saturated heterocycles. The summed E-state index contributed by atoms with van der Waals surface area (Å²) < 4.78 is 14.7. The summed E-state index contributed by atoms with van der Waals surface area (Å²) >= 11 is 3.40. The zero-order valence-corrected chi connectivity index (χ0v) is 12.0. The number of nitrogens with one attached hydrogen (secondary N) is 1. The molecule has 0 radical (unpaired) electrons. The second-order valence-electron chi connectivity index (χ2n) is 4.40. The van der Waals surface area contributed by atoms with E-state index in [0.29, 0.717) is 5.69 Å². The first-order chi connectivity index (χ1) is 8.56. The van der Waals surface area contributed by atoms with Crippen LogP contribution in [0.2, 0.25) is 0 Å². The van der Waals surface area contributed by atoms with Crippen LogP contribution in [-0.2, 0) is 0 Å². The molecule has 0 amide bonds. The van der Waals surface area contributed by atoms with Gasteiger partial charge in [-0.15, -0.1) is 0 Å². The summed E-state index contributed by atoms with van der Waals surface area (Å²) in [6.07, 6.45) is 0. The van der Waals surface area contributed by atoms with Crippen LogP contribution in [0.1, 0.15) is 24.1 Å². The molecule has 0 aromatic heterocycles. The van der Waals surface area contributed by atoms with Gasteiger partial charge in [0.2, 0.25) is 0 Å². The minimum atomic E-state index is -0.218. The number of benzene rings is 2. The van der Waals surface area contributed by atoms with Gasteiger partial charge in [0.05, 0.1) is 5.69 Å². The first-order valence-corrected chi connectivity index (χ1v) is 6.64. The van der Waals surface area contributed by atoms with E-state index in [1.54, 1.807) is 6.07 Å². The molecule has 3 heteroatoms. The molecule has 1 nitrogen and oxygen atoms in total. The summed E-state index contributed by atoms with van der Waals surface area (Å²) in [5.41, 5.74) is 2.71. The van der Waals surface area contributed by atoms with Gasteiger partial charge in [-0.25, -0.2) is 4.39 Å². The topological polar surface area (TPSA) is 12.0 Å². The smallest absolute Gasteiger partial charge is 0.146 e. The highest BCUT2D eigenvalue weighted by atomic mass is 79.9. The van der Waals surface area contributed by atoms with Crippen molar-refractivity contribution in [1.82, 2.24) is 0 Å². The maximum absolute atomic E-state index is 13.6. The van der Waals surface area contributed by atoms with Crippen molar-refractivity contribution in [3.63, 3.8) is 0 Å². The van der Waals surface area contributed by atoms with Gasteiger partial charge in [-0.05, 0) is 49.2 Å². The first kappa shape index (κ1) is 13.1. The van der Waals surface area contributed by atoms with E-state index in [1.807, 2.05) is 44.2 Å². The Labute approximate surface area is 115 Å². The average Bonchev–Trinajstić information content (AvgIpc) is 2.34. The molecule has 0 heterocycles. The van der Waals surface area contributed by atoms with Crippen molar-refractivity contribution in [2.75, 3.05) is 5.32 Å². The zero-order chi connectivity index (χ0) is 13.1. The number of hydrogen-bond donors (Lipinski definition) is 1. The van der Waals surface area contributed by atoms with Crippen molar-refractivity contribution in [3.8, 4) is 0 Å². The van der Waals surface area contributed by atoms with Crippen molar-refractivity contribution >= 4 is 21.6 Å². The van der Waals surface area contributed by atoms with Crippen LogP contribution in [0, 0.1) is 12.7 Å². The highest BCUT2D eigenvalue weighted by Gasteiger charge is 2.08. The monoisotopic (exact) mass is 307 g/mol. The molecule has 0 fully saturated rings. The van der Waals surface area contributed by atoms with Crippen LogP contribution in [0.4, 0.5) is 10.1 Å². The van der Waals surface area contributed by atoms with E-state index in [-0.39, 0.29) is 11.9 Å². The normalized spacial score (nSPS) is 12.2. The molecule has 0 spiro atoms. The Kier molecular flexibility index (Phi) is 4.02. The minimum absolute atomic E-state index is 0.0643. The number of rotatable bonds is 3. The van der Waals surface area contributed by atoms with Gasteiger partial charge >= 0.3 is 0 Å². The molecule has 0 saturated carbocycles. The molecular weight excluding hydrogens is 293 g/mol. The van der Waals surface area contributed by atoms with Crippen LogP contribution in [0.5, 0.6) is 0 Å². The Bertz CT molecular complexity index is 537. The maximum atomic E-state index is 13.6. The Morgan fingerprint density at radius 3 is 2.44 bits per heavy atom. The number of aryl methyl sites for hydroxylation is 1. The summed E-state index contributed by atoms with van der Waals surface area (Å²) in [6.45, 7) is 3.97. The molecule has 0 bridgehead atoms. The van der Waals surface area contributed by atoms with Gasteiger partial charge in [0.1, 0.15) is 5.82 Å². The van der Waals surface area contributed by atoms with E-state index in [1.165, 1.54) is 6.07 Å². The third-order valence-electron chi connectivity index (χ3n) is 2.86. The summed E-state index contributed by atoms with van der Waals surface area (Å²) in [6, 6.07) is 13.2. The fourth-order valence-corrected chi connectivity index (χ4v) is 2.08. The second-order valence-corrected chi connectivity index (χ2v) is 5.32. The number of hydrogen-bond acceptors (Lipinski definition) is 1. The fourth-order valence-electron chi connectivity index (χ4n) is 1.82. The number of anilines is 1. The van der Waals surface area contributed by atoms with E-state index in [2.05, 4.69) is 21.2 Å². The lowest BCUT2D eigenvalue weighted by Crippen LogP contribution is -2.08. The van der Waals surface area contributed by atoms with E-state index in [4.69, 9.17) is 0 Å². The molecule has 94 valence electrons. The van der Waals surface area contributed by atoms with Crippen molar-refractivity contribution in [2.24, 2.45) is 0 Å². The molecular formula is C15H15BrFN. The summed E-state index contributed by atoms with van der Waals surface area (Å²) in [7, 11) is 0. The maximum Gasteiger partial charge on any atom is 0.146 e. The summed E-state index contributed by atoms with van der Waals surface area (Å²) in [5, 5.41) is 3.20. The van der Waals surface area contributed by atoms with Gasteiger partial charge in [-0.1, -0.05) is 34.1 Å². The molecule has 0 aliphatic carbocycles. The lowest BCUT2D eigenvalue weighted by Gasteiger charge is -2.16. The zero-order valence-electron chi connectivity index (χ0n) is 10.4.